The van der Waals surface area contributed by atoms with Gasteiger partial charge in [0.25, 0.3) is 0 Å². The van der Waals surface area contributed by atoms with Crippen LogP contribution in [-0.2, 0) is 14.8 Å². The van der Waals surface area contributed by atoms with Crippen molar-refractivity contribution in [1.29, 1.82) is 0 Å². The topological polar surface area (TPSA) is 76.2 Å². The van der Waals surface area contributed by atoms with Crippen molar-refractivity contribution >= 4 is 16.1 Å². The summed E-state index contributed by atoms with van der Waals surface area (Å²) in [5, 5.41) is 0. The Labute approximate surface area is 134 Å². The number of benzene rings is 1. The Hall–Kier alpha value is -1.87. The second-order valence-corrected chi connectivity index (χ2v) is 6.95. The number of rotatable bonds is 3. The lowest BCUT2D eigenvalue weighted by Crippen LogP contribution is -2.37. The van der Waals surface area contributed by atoms with Crippen molar-refractivity contribution in [3.63, 3.8) is 0 Å². The third-order valence-corrected chi connectivity index (χ3v) is 5.54. The lowest BCUT2D eigenvalue weighted by molar-refractivity contribution is 0.126. The monoisotopic (exact) mass is 346 g/mol. The van der Waals surface area contributed by atoms with Gasteiger partial charge in [-0.3, -0.25) is 0 Å². The molecule has 23 heavy (non-hydrogen) atoms. The van der Waals surface area contributed by atoms with Crippen LogP contribution < -0.4 is 4.74 Å². The van der Waals surface area contributed by atoms with Gasteiger partial charge in [-0.05, 0) is 24.6 Å². The molecule has 1 aromatic carbocycles. The fourth-order valence-electron chi connectivity index (χ4n) is 2.40. The number of carbonyl (C=O) groups is 1. The molecule has 7 nitrogen and oxygen atoms in total. The van der Waals surface area contributed by atoms with Crippen LogP contribution in [0, 0.1) is 5.82 Å². The molecule has 0 unspecified atom stereocenters. The minimum Gasteiger partial charge on any atom is -0.494 e. The molecule has 1 fully saturated rings. The molecule has 9 heteroatoms. The summed E-state index contributed by atoms with van der Waals surface area (Å²) in [6.07, 6.45) is -0.00722. The van der Waals surface area contributed by atoms with Gasteiger partial charge < -0.3 is 14.4 Å². The van der Waals surface area contributed by atoms with Crippen LogP contribution in [0.3, 0.4) is 0 Å². The van der Waals surface area contributed by atoms with E-state index >= 15 is 0 Å². The zero-order valence-electron chi connectivity index (χ0n) is 13.0. The summed E-state index contributed by atoms with van der Waals surface area (Å²) >= 11 is 0. The van der Waals surface area contributed by atoms with Crippen molar-refractivity contribution in [2.45, 2.75) is 11.3 Å². The van der Waals surface area contributed by atoms with E-state index in [-0.39, 0.29) is 30.3 Å². The Kier molecular flexibility index (Phi) is 5.42. The summed E-state index contributed by atoms with van der Waals surface area (Å²) in [7, 11) is -1.24. The molecule has 1 aliphatic heterocycles. The van der Waals surface area contributed by atoms with Crippen molar-refractivity contribution in [1.82, 2.24) is 9.21 Å². The molecule has 1 amide bonds. The van der Waals surface area contributed by atoms with Crippen molar-refractivity contribution in [2.75, 3.05) is 40.4 Å². The van der Waals surface area contributed by atoms with E-state index in [0.29, 0.717) is 13.0 Å². The first-order valence-electron chi connectivity index (χ1n) is 7.06. The second-order valence-electron chi connectivity index (χ2n) is 5.01. The minimum atomic E-state index is -3.83. The summed E-state index contributed by atoms with van der Waals surface area (Å²) in [5.74, 6) is -0.753. The van der Waals surface area contributed by atoms with E-state index in [1.54, 1.807) is 0 Å². The summed E-state index contributed by atoms with van der Waals surface area (Å²) in [4.78, 5) is 12.8. The van der Waals surface area contributed by atoms with Crippen LogP contribution in [0.1, 0.15) is 6.42 Å². The highest BCUT2D eigenvalue weighted by molar-refractivity contribution is 7.89. The number of halogens is 1. The average Bonchev–Trinajstić information content (AvgIpc) is 2.80. The summed E-state index contributed by atoms with van der Waals surface area (Å²) in [5.41, 5.74) is 0. The Bertz CT molecular complexity index is 680. The lowest BCUT2D eigenvalue weighted by Gasteiger charge is -2.21. The van der Waals surface area contributed by atoms with Crippen LogP contribution in [-0.4, -0.2) is 64.1 Å². The highest BCUT2D eigenvalue weighted by Gasteiger charge is 2.29. The smallest absolute Gasteiger partial charge is 0.409 e. The van der Waals surface area contributed by atoms with Gasteiger partial charge in [0.05, 0.1) is 19.1 Å². The van der Waals surface area contributed by atoms with Crippen LogP contribution in [0.25, 0.3) is 0 Å². The molecular formula is C14H19FN2O5S. The Morgan fingerprint density at radius 1 is 1.17 bits per heavy atom. The van der Waals surface area contributed by atoms with E-state index < -0.39 is 21.9 Å². The maximum atomic E-state index is 13.8. The molecule has 0 radical (unpaired) electrons. The quantitative estimate of drug-likeness (QED) is 0.824. The Balaban J connectivity index is 2.19. The normalized spacial score (nSPS) is 16.7. The number of nitrogens with zero attached hydrogens (tertiary/aromatic N) is 2. The van der Waals surface area contributed by atoms with Gasteiger partial charge in [0.1, 0.15) is 0 Å². The molecule has 1 aromatic rings. The van der Waals surface area contributed by atoms with Gasteiger partial charge in [-0.25, -0.2) is 17.6 Å². The molecule has 0 aromatic heterocycles. The molecule has 0 spiro atoms. The van der Waals surface area contributed by atoms with E-state index in [2.05, 4.69) is 4.74 Å². The van der Waals surface area contributed by atoms with Crippen LogP contribution in [0.4, 0.5) is 9.18 Å². The number of ether oxygens (including phenoxy) is 2. The first-order chi connectivity index (χ1) is 10.9. The predicted octanol–water partition coefficient (Wildman–Crippen LogP) is 1.30. The first kappa shape index (κ1) is 17.5. The standard InChI is InChI=1S/C14H19FN2O5S/c1-21-13-5-4-11(10-12(13)15)23(19,20)17-7-3-6-16(8-9-17)14(18)22-2/h4-5,10H,3,6-9H2,1-2H3. The molecule has 0 N–H and O–H groups in total. The number of sulfonamides is 1. The van der Waals surface area contributed by atoms with Crippen LogP contribution in [0.15, 0.2) is 23.1 Å². The first-order valence-corrected chi connectivity index (χ1v) is 8.50. The van der Waals surface area contributed by atoms with Gasteiger partial charge in [0.2, 0.25) is 10.0 Å². The molecule has 0 aliphatic carbocycles. The summed E-state index contributed by atoms with van der Waals surface area (Å²) in [6, 6.07) is 3.53. The third-order valence-electron chi connectivity index (χ3n) is 3.65. The van der Waals surface area contributed by atoms with Gasteiger partial charge in [0.15, 0.2) is 11.6 Å². The highest BCUT2D eigenvalue weighted by atomic mass is 32.2. The van der Waals surface area contributed by atoms with Gasteiger partial charge >= 0.3 is 6.09 Å². The predicted molar refractivity (Wildman–Crippen MR) is 80.3 cm³/mol. The fourth-order valence-corrected chi connectivity index (χ4v) is 3.88. The minimum absolute atomic E-state index is 0.0170. The van der Waals surface area contributed by atoms with Crippen molar-refractivity contribution < 1.29 is 27.1 Å². The molecule has 0 atom stereocenters. The van der Waals surface area contributed by atoms with Crippen LogP contribution in [0.2, 0.25) is 0 Å². The highest BCUT2D eigenvalue weighted by Crippen LogP contribution is 2.24. The van der Waals surface area contributed by atoms with E-state index in [4.69, 9.17) is 4.74 Å². The van der Waals surface area contributed by atoms with E-state index in [0.717, 1.165) is 6.07 Å². The third kappa shape index (κ3) is 3.73. The van der Waals surface area contributed by atoms with Gasteiger partial charge in [-0.15, -0.1) is 0 Å². The van der Waals surface area contributed by atoms with E-state index in [1.165, 1.54) is 35.6 Å². The molecule has 1 heterocycles. The molecule has 128 valence electrons. The Morgan fingerprint density at radius 2 is 1.91 bits per heavy atom. The van der Waals surface area contributed by atoms with Crippen molar-refractivity contribution in [3.05, 3.63) is 24.0 Å². The number of amides is 1. The van der Waals surface area contributed by atoms with Gasteiger partial charge in [-0.1, -0.05) is 0 Å². The van der Waals surface area contributed by atoms with Crippen molar-refractivity contribution in [3.8, 4) is 5.75 Å². The molecule has 0 bridgehead atoms. The SMILES string of the molecule is COC(=O)N1CCCN(S(=O)(=O)c2ccc(OC)c(F)c2)CC1. The number of methoxy groups -OCH3 is 2. The zero-order valence-corrected chi connectivity index (χ0v) is 13.8. The zero-order chi connectivity index (χ0) is 17.0. The molecular weight excluding hydrogens is 327 g/mol. The Morgan fingerprint density at radius 3 is 2.52 bits per heavy atom. The molecule has 0 saturated carbocycles. The lowest BCUT2D eigenvalue weighted by atomic mass is 10.3. The fraction of sp³-hybridized carbons (Fsp3) is 0.500. The second kappa shape index (κ2) is 7.14. The van der Waals surface area contributed by atoms with Crippen LogP contribution >= 0.6 is 0 Å². The summed E-state index contributed by atoms with van der Waals surface area (Å²) < 4.78 is 49.7. The van der Waals surface area contributed by atoms with Gasteiger partial charge in [-0.2, -0.15) is 4.31 Å². The van der Waals surface area contributed by atoms with Crippen LogP contribution in [0.5, 0.6) is 5.75 Å². The van der Waals surface area contributed by atoms with Crippen molar-refractivity contribution in [2.24, 2.45) is 0 Å². The molecule has 1 saturated heterocycles. The maximum absolute atomic E-state index is 13.8. The molecule has 1 aliphatic rings. The average molecular weight is 346 g/mol. The van der Waals surface area contributed by atoms with E-state index in [9.17, 15) is 17.6 Å². The maximum Gasteiger partial charge on any atom is 0.409 e. The largest absolute Gasteiger partial charge is 0.494 e. The molecule has 2 rings (SSSR count). The number of hydrogen-bond acceptors (Lipinski definition) is 5. The number of carbonyl (C=O) groups excluding carboxylic acids is 1. The summed E-state index contributed by atoms with van der Waals surface area (Å²) in [6.45, 7) is 1.02. The number of hydrogen-bond donors (Lipinski definition) is 0. The van der Waals surface area contributed by atoms with E-state index in [1.807, 2.05) is 0 Å². The van der Waals surface area contributed by atoms with Gasteiger partial charge in [0, 0.05) is 26.2 Å².